The first-order chi connectivity index (χ1) is 16.0. The molecule has 0 bridgehead atoms. The summed E-state index contributed by atoms with van der Waals surface area (Å²) in [5, 5.41) is 8.66. The first-order valence-corrected chi connectivity index (χ1v) is 11.7. The van der Waals surface area contributed by atoms with Gasteiger partial charge < -0.3 is 15.0 Å². The van der Waals surface area contributed by atoms with Gasteiger partial charge in [-0.3, -0.25) is 4.79 Å². The summed E-state index contributed by atoms with van der Waals surface area (Å²) in [7, 11) is 1.65. The zero-order chi connectivity index (χ0) is 22.9. The second-order valence-corrected chi connectivity index (χ2v) is 9.07. The van der Waals surface area contributed by atoms with Crippen molar-refractivity contribution in [1.82, 2.24) is 20.1 Å². The van der Waals surface area contributed by atoms with Crippen LogP contribution in [-0.2, 0) is 0 Å². The molecular formula is C24H24FN5O2S. The third-order valence-electron chi connectivity index (χ3n) is 5.88. The number of piperidine rings is 1. The average Bonchev–Trinajstić information content (AvgIpc) is 3.40. The van der Waals surface area contributed by atoms with Gasteiger partial charge in [-0.2, -0.15) is 10.1 Å². The zero-order valence-electron chi connectivity index (χ0n) is 18.4. The lowest BCUT2D eigenvalue weighted by Crippen LogP contribution is -2.44. The maximum atomic E-state index is 13.4. The molecule has 1 N–H and O–H groups in total. The maximum absolute atomic E-state index is 13.4. The van der Waals surface area contributed by atoms with Gasteiger partial charge in [-0.1, -0.05) is 17.4 Å². The van der Waals surface area contributed by atoms with Crippen molar-refractivity contribution in [2.24, 2.45) is 0 Å². The summed E-state index contributed by atoms with van der Waals surface area (Å²) in [6.45, 7) is 3.58. The molecule has 170 valence electrons. The fourth-order valence-electron chi connectivity index (χ4n) is 4.08. The number of hydrogen-bond donors (Lipinski definition) is 1. The van der Waals surface area contributed by atoms with E-state index in [-0.39, 0.29) is 11.9 Å². The Morgan fingerprint density at radius 3 is 2.64 bits per heavy atom. The number of benzene rings is 2. The number of carbonyl (C=O) groups is 1. The second kappa shape index (κ2) is 8.82. The molecule has 3 heterocycles. The van der Waals surface area contributed by atoms with E-state index in [0.29, 0.717) is 5.56 Å². The SMILES string of the molecule is COc1ccc(-n2nc(C)c3sc(N4CCC(NC(=O)c5cccc(F)c5)CC4)nc32)cc1. The Hall–Kier alpha value is -3.46. The number of amides is 1. The number of methoxy groups -OCH3 is 1. The molecule has 1 aliphatic rings. The van der Waals surface area contributed by atoms with Crippen LogP contribution >= 0.6 is 11.3 Å². The van der Waals surface area contributed by atoms with Crippen LogP contribution in [0.4, 0.5) is 9.52 Å². The molecule has 1 fully saturated rings. The van der Waals surface area contributed by atoms with E-state index in [9.17, 15) is 9.18 Å². The van der Waals surface area contributed by atoms with Crippen LogP contribution < -0.4 is 15.0 Å². The molecule has 2 aromatic carbocycles. The molecule has 0 unspecified atom stereocenters. The van der Waals surface area contributed by atoms with Gasteiger partial charge in [0.15, 0.2) is 10.8 Å². The van der Waals surface area contributed by atoms with E-state index < -0.39 is 5.82 Å². The zero-order valence-corrected chi connectivity index (χ0v) is 19.2. The largest absolute Gasteiger partial charge is 0.497 e. The van der Waals surface area contributed by atoms with E-state index in [0.717, 1.165) is 58.5 Å². The van der Waals surface area contributed by atoms with Crippen molar-refractivity contribution in [2.45, 2.75) is 25.8 Å². The van der Waals surface area contributed by atoms with Crippen molar-refractivity contribution < 1.29 is 13.9 Å². The monoisotopic (exact) mass is 465 g/mol. The summed E-state index contributed by atoms with van der Waals surface area (Å²) in [5.41, 5.74) is 3.08. The molecule has 0 radical (unpaired) electrons. The Morgan fingerprint density at radius 1 is 1.18 bits per heavy atom. The van der Waals surface area contributed by atoms with Gasteiger partial charge in [-0.25, -0.2) is 9.07 Å². The van der Waals surface area contributed by atoms with Gasteiger partial charge in [-0.05, 0) is 62.2 Å². The highest BCUT2D eigenvalue weighted by Crippen LogP contribution is 2.34. The van der Waals surface area contributed by atoms with Gasteiger partial charge in [0.2, 0.25) is 0 Å². The van der Waals surface area contributed by atoms with Crippen LogP contribution in [0.1, 0.15) is 28.9 Å². The summed E-state index contributed by atoms with van der Waals surface area (Å²) in [6.07, 6.45) is 1.61. The van der Waals surface area contributed by atoms with Crippen molar-refractivity contribution in [3.8, 4) is 11.4 Å². The van der Waals surface area contributed by atoms with Crippen molar-refractivity contribution in [3.63, 3.8) is 0 Å². The summed E-state index contributed by atoms with van der Waals surface area (Å²) < 4.78 is 21.6. The van der Waals surface area contributed by atoms with Crippen molar-refractivity contribution in [3.05, 3.63) is 65.6 Å². The van der Waals surface area contributed by atoms with Crippen LogP contribution in [0.2, 0.25) is 0 Å². The average molecular weight is 466 g/mol. The molecule has 0 atom stereocenters. The van der Waals surface area contributed by atoms with Crippen LogP contribution in [0.3, 0.4) is 0 Å². The molecule has 0 spiro atoms. The fraction of sp³-hybridized carbons (Fsp3) is 0.292. The minimum absolute atomic E-state index is 0.0583. The topological polar surface area (TPSA) is 72.3 Å². The van der Waals surface area contributed by atoms with E-state index in [1.54, 1.807) is 30.6 Å². The Kier molecular flexibility index (Phi) is 5.72. The molecule has 1 amide bonds. The number of anilines is 1. The molecule has 9 heteroatoms. The number of ether oxygens (including phenoxy) is 1. The first-order valence-electron chi connectivity index (χ1n) is 10.8. The van der Waals surface area contributed by atoms with E-state index >= 15 is 0 Å². The molecule has 1 saturated heterocycles. The highest BCUT2D eigenvalue weighted by Gasteiger charge is 2.25. The minimum Gasteiger partial charge on any atom is -0.497 e. The Labute approximate surface area is 194 Å². The predicted octanol–water partition coefficient (Wildman–Crippen LogP) is 4.34. The minimum atomic E-state index is -0.406. The quantitative estimate of drug-likeness (QED) is 0.475. The lowest BCUT2D eigenvalue weighted by atomic mass is 10.0. The highest BCUT2D eigenvalue weighted by molar-refractivity contribution is 7.22. The van der Waals surface area contributed by atoms with Gasteiger partial charge in [0.1, 0.15) is 11.6 Å². The normalized spacial score (nSPS) is 14.6. The third-order valence-corrected chi connectivity index (χ3v) is 7.10. The molecule has 2 aromatic heterocycles. The second-order valence-electron chi connectivity index (χ2n) is 8.09. The van der Waals surface area contributed by atoms with E-state index in [1.165, 1.54) is 12.1 Å². The highest BCUT2D eigenvalue weighted by atomic mass is 32.1. The number of halogens is 1. The maximum Gasteiger partial charge on any atom is 0.251 e. The van der Waals surface area contributed by atoms with Crippen molar-refractivity contribution in [1.29, 1.82) is 0 Å². The van der Waals surface area contributed by atoms with Crippen LogP contribution in [0.5, 0.6) is 5.75 Å². The molecule has 1 aliphatic heterocycles. The summed E-state index contributed by atoms with van der Waals surface area (Å²) in [6, 6.07) is 13.6. The summed E-state index contributed by atoms with van der Waals surface area (Å²) in [4.78, 5) is 19.6. The number of nitrogens with zero attached hydrogens (tertiary/aromatic N) is 4. The number of aryl methyl sites for hydroxylation is 1. The van der Waals surface area contributed by atoms with Gasteiger partial charge in [0, 0.05) is 24.7 Å². The lowest BCUT2D eigenvalue weighted by Gasteiger charge is -2.32. The standard InChI is InChI=1S/C24H24FN5O2S/c1-15-21-22(30(28-15)19-6-8-20(32-2)9-7-19)27-24(33-21)29-12-10-18(11-13-29)26-23(31)16-4-3-5-17(25)14-16/h3-9,14,18H,10-13H2,1-2H3,(H,26,31). The number of fused-ring (bicyclic) bond motifs is 1. The molecule has 33 heavy (non-hydrogen) atoms. The fourth-order valence-corrected chi connectivity index (χ4v) is 5.11. The molecule has 7 nitrogen and oxygen atoms in total. The molecule has 4 aromatic rings. The van der Waals surface area contributed by atoms with Crippen LogP contribution in [-0.4, -0.2) is 46.9 Å². The number of hydrogen-bond acceptors (Lipinski definition) is 6. The number of thiazole rings is 1. The number of aromatic nitrogens is 3. The summed E-state index contributed by atoms with van der Waals surface area (Å²) in [5.74, 6) is 0.158. The number of nitrogens with one attached hydrogen (secondary N) is 1. The Morgan fingerprint density at radius 2 is 1.94 bits per heavy atom. The van der Waals surface area contributed by atoms with E-state index in [2.05, 4.69) is 15.3 Å². The first kappa shape index (κ1) is 21.4. The Balaban J connectivity index is 1.28. The van der Waals surface area contributed by atoms with Gasteiger partial charge in [0.05, 0.1) is 23.2 Å². The van der Waals surface area contributed by atoms with Gasteiger partial charge in [-0.15, -0.1) is 0 Å². The van der Waals surface area contributed by atoms with E-state index in [1.807, 2.05) is 35.9 Å². The third kappa shape index (κ3) is 4.28. The van der Waals surface area contributed by atoms with Crippen molar-refractivity contribution in [2.75, 3.05) is 25.1 Å². The number of carbonyl (C=O) groups excluding carboxylic acids is 1. The van der Waals surface area contributed by atoms with Crippen molar-refractivity contribution >= 4 is 32.7 Å². The Bertz CT molecular complexity index is 1290. The summed E-state index contributed by atoms with van der Waals surface area (Å²) >= 11 is 1.64. The predicted molar refractivity (Wildman–Crippen MR) is 127 cm³/mol. The molecular weight excluding hydrogens is 441 g/mol. The molecule has 5 rings (SSSR count). The smallest absolute Gasteiger partial charge is 0.251 e. The van der Waals surface area contributed by atoms with Gasteiger partial charge in [0.25, 0.3) is 5.91 Å². The lowest BCUT2D eigenvalue weighted by molar-refractivity contribution is 0.0930. The van der Waals surface area contributed by atoms with E-state index in [4.69, 9.17) is 9.72 Å². The molecule has 0 saturated carbocycles. The molecule has 0 aliphatic carbocycles. The van der Waals surface area contributed by atoms with Crippen LogP contribution in [0.25, 0.3) is 16.0 Å². The number of rotatable bonds is 5. The van der Waals surface area contributed by atoms with Crippen LogP contribution in [0, 0.1) is 12.7 Å². The van der Waals surface area contributed by atoms with Crippen LogP contribution in [0.15, 0.2) is 48.5 Å². The van der Waals surface area contributed by atoms with Gasteiger partial charge >= 0.3 is 0 Å².